The molecular formula is C34H38FNO5. The van der Waals surface area contributed by atoms with Crippen molar-refractivity contribution in [2.75, 3.05) is 6.61 Å². The van der Waals surface area contributed by atoms with Crippen molar-refractivity contribution in [2.24, 2.45) is 0 Å². The highest BCUT2D eigenvalue weighted by atomic mass is 19.1. The van der Waals surface area contributed by atoms with E-state index in [-0.39, 0.29) is 11.7 Å². The summed E-state index contributed by atoms with van der Waals surface area (Å²) in [6.45, 7) is 14.4. The third-order valence-corrected chi connectivity index (χ3v) is 8.23. The number of ether oxygens (including phenoxy) is 2. The summed E-state index contributed by atoms with van der Waals surface area (Å²) in [6, 6.07) is 8.98. The maximum atomic E-state index is 15.5. The van der Waals surface area contributed by atoms with Gasteiger partial charge in [0.15, 0.2) is 17.7 Å². The molecule has 0 bridgehead atoms. The van der Waals surface area contributed by atoms with Gasteiger partial charge in [-0.15, -0.1) is 0 Å². The molecule has 6 nitrogen and oxygen atoms in total. The number of carbonyl (C=O) groups is 2. The van der Waals surface area contributed by atoms with Crippen LogP contribution in [0, 0.1) is 33.5 Å². The van der Waals surface area contributed by atoms with Crippen LogP contribution in [0.15, 0.2) is 30.3 Å². The number of amides is 1. The van der Waals surface area contributed by atoms with Crippen molar-refractivity contribution in [3.8, 4) is 16.9 Å². The summed E-state index contributed by atoms with van der Waals surface area (Å²) in [5.41, 5.74) is 7.83. The van der Waals surface area contributed by atoms with E-state index in [1.165, 1.54) is 6.07 Å². The summed E-state index contributed by atoms with van der Waals surface area (Å²) in [4.78, 5) is 28.2. The summed E-state index contributed by atoms with van der Waals surface area (Å²) < 4.78 is 27.4. The molecule has 2 aliphatic rings. The van der Waals surface area contributed by atoms with E-state index in [0.29, 0.717) is 48.4 Å². The van der Waals surface area contributed by atoms with Crippen LogP contribution in [0.2, 0.25) is 0 Å². The van der Waals surface area contributed by atoms with Crippen molar-refractivity contribution < 1.29 is 28.6 Å². The Morgan fingerprint density at radius 2 is 1.68 bits per heavy atom. The molecule has 0 radical (unpaired) electrons. The molecule has 2 aliphatic heterocycles. The second kappa shape index (κ2) is 10.6. The molecule has 0 saturated heterocycles. The van der Waals surface area contributed by atoms with E-state index >= 15 is 4.39 Å². The third kappa shape index (κ3) is 5.23. The molecule has 1 atom stereocenters. The normalized spacial score (nSPS) is 15.3. The van der Waals surface area contributed by atoms with Crippen molar-refractivity contribution in [1.82, 2.24) is 4.90 Å². The molecule has 0 spiro atoms. The minimum Gasteiger partial charge on any atom is -0.490 e. The van der Waals surface area contributed by atoms with E-state index < -0.39 is 23.5 Å². The van der Waals surface area contributed by atoms with E-state index in [1.807, 2.05) is 72.7 Å². The SMILES string of the molecule is Cc1cccc(C(=O)N2Cc3c(C)c(-c4cc(F)c5c(c4C)CCCO5)c([C@H](OC(C)(C)C)C(=O)O)c(C)c3C2)c1. The number of carbonyl (C=O) groups excluding carboxylic acids is 1. The van der Waals surface area contributed by atoms with Crippen molar-refractivity contribution in [3.63, 3.8) is 0 Å². The highest BCUT2D eigenvalue weighted by molar-refractivity contribution is 5.95. The van der Waals surface area contributed by atoms with Crippen LogP contribution in [-0.2, 0) is 29.0 Å². The Kier molecular flexibility index (Phi) is 7.45. The number of carboxylic acids is 1. The lowest BCUT2D eigenvalue weighted by Gasteiger charge is -2.31. The van der Waals surface area contributed by atoms with Gasteiger partial charge in [0.25, 0.3) is 5.91 Å². The van der Waals surface area contributed by atoms with Gasteiger partial charge in [-0.05, 0) is 118 Å². The number of aryl methyl sites for hydroxylation is 1. The molecule has 0 saturated carbocycles. The first-order chi connectivity index (χ1) is 19.3. The monoisotopic (exact) mass is 559 g/mol. The number of aliphatic carboxylic acids is 1. The van der Waals surface area contributed by atoms with Gasteiger partial charge in [-0.1, -0.05) is 17.7 Å². The van der Waals surface area contributed by atoms with Crippen LogP contribution in [0.1, 0.15) is 88.2 Å². The lowest BCUT2D eigenvalue weighted by Crippen LogP contribution is -2.29. The van der Waals surface area contributed by atoms with Gasteiger partial charge in [-0.2, -0.15) is 0 Å². The summed E-state index contributed by atoms with van der Waals surface area (Å²) >= 11 is 0. The Bertz CT molecular complexity index is 1570. The zero-order valence-corrected chi connectivity index (χ0v) is 24.9. The molecular weight excluding hydrogens is 521 g/mol. The van der Waals surface area contributed by atoms with E-state index in [0.717, 1.165) is 45.4 Å². The lowest BCUT2D eigenvalue weighted by molar-refractivity contribution is -0.160. The third-order valence-electron chi connectivity index (χ3n) is 8.23. The van der Waals surface area contributed by atoms with Crippen LogP contribution >= 0.6 is 0 Å². The maximum absolute atomic E-state index is 15.5. The standard InChI is InChI=1S/C34H38FNO5/c1-18-10-8-11-22(14-18)32(37)36-16-25-20(3)28(24-15-27(35)30-23(19(24)2)12-9-13-40-30)29(21(4)26(25)17-36)31(33(38)39)41-34(5,6)7/h8,10-11,14-15,31H,9,12-13,16-17H2,1-7H3,(H,38,39)/t31-/m0/s1. The summed E-state index contributed by atoms with van der Waals surface area (Å²) in [6.07, 6.45) is 0.182. The maximum Gasteiger partial charge on any atom is 0.337 e. The molecule has 1 N–H and O–H groups in total. The van der Waals surface area contributed by atoms with Crippen LogP contribution in [0.3, 0.4) is 0 Å². The molecule has 7 heteroatoms. The fraction of sp³-hybridized carbons (Fsp3) is 0.412. The van der Waals surface area contributed by atoms with Crippen LogP contribution in [0.25, 0.3) is 11.1 Å². The Morgan fingerprint density at radius 1 is 1.00 bits per heavy atom. The number of halogens is 1. The number of rotatable bonds is 5. The summed E-state index contributed by atoms with van der Waals surface area (Å²) in [5.74, 6) is -1.37. The summed E-state index contributed by atoms with van der Waals surface area (Å²) in [5, 5.41) is 10.5. The average molecular weight is 560 g/mol. The minimum atomic E-state index is -1.29. The van der Waals surface area contributed by atoms with E-state index in [1.54, 1.807) is 4.90 Å². The van der Waals surface area contributed by atoms with Gasteiger partial charge in [0.1, 0.15) is 0 Å². The van der Waals surface area contributed by atoms with Crippen LogP contribution in [-0.4, -0.2) is 34.1 Å². The Balaban J connectivity index is 1.74. The number of fused-ring (bicyclic) bond motifs is 2. The average Bonchev–Trinajstić information content (AvgIpc) is 3.37. The van der Waals surface area contributed by atoms with Gasteiger partial charge in [0.2, 0.25) is 0 Å². The van der Waals surface area contributed by atoms with Crippen LogP contribution in [0.4, 0.5) is 4.39 Å². The van der Waals surface area contributed by atoms with E-state index in [9.17, 15) is 14.7 Å². The number of nitrogens with zero attached hydrogens (tertiary/aromatic N) is 1. The second-order valence-electron chi connectivity index (χ2n) is 12.3. The zero-order chi connectivity index (χ0) is 29.8. The molecule has 5 rings (SSSR count). The lowest BCUT2D eigenvalue weighted by atomic mass is 9.81. The number of carboxylic acid groups (broad SMARTS) is 1. The van der Waals surface area contributed by atoms with Crippen LogP contribution in [0.5, 0.6) is 5.75 Å². The van der Waals surface area contributed by atoms with Crippen LogP contribution < -0.4 is 4.74 Å². The predicted octanol–water partition coefficient (Wildman–Crippen LogP) is 7.15. The smallest absolute Gasteiger partial charge is 0.337 e. The largest absolute Gasteiger partial charge is 0.490 e. The second-order valence-corrected chi connectivity index (χ2v) is 12.3. The van der Waals surface area contributed by atoms with Gasteiger partial charge >= 0.3 is 5.97 Å². The van der Waals surface area contributed by atoms with Gasteiger partial charge in [-0.25, -0.2) is 9.18 Å². The summed E-state index contributed by atoms with van der Waals surface area (Å²) in [7, 11) is 0. The van der Waals surface area contributed by atoms with Crippen molar-refractivity contribution in [3.05, 3.63) is 86.2 Å². The minimum absolute atomic E-state index is 0.0827. The Labute approximate surface area is 241 Å². The number of hydrogen-bond acceptors (Lipinski definition) is 4. The Morgan fingerprint density at radius 3 is 2.32 bits per heavy atom. The number of benzene rings is 3. The molecule has 2 heterocycles. The fourth-order valence-electron chi connectivity index (χ4n) is 6.30. The first-order valence-electron chi connectivity index (χ1n) is 14.1. The molecule has 216 valence electrons. The molecule has 0 unspecified atom stereocenters. The van der Waals surface area contributed by atoms with Crippen molar-refractivity contribution in [2.45, 2.75) is 86.1 Å². The van der Waals surface area contributed by atoms with Gasteiger partial charge in [-0.3, -0.25) is 4.79 Å². The first-order valence-corrected chi connectivity index (χ1v) is 14.1. The van der Waals surface area contributed by atoms with E-state index in [2.05, 4.69) is 0 Å². The zero-order valence-electron chi connectivity index (χ0n) is 24.9. The molecule has 41 heavy (non-hydrogen) atoms. The molecule has 3 aromatic carbocycles. The van der Waals surface area contributed by atoms with Gasteiger partial charge < -0.3 is 19.5 Å². The van der Waals surface area contributed by atoms with Gasteiger partial charge in [0.05, 0.1) is 12.2 Å². The van der Waals surface area contributed by atoms with E-state index in [4.69, 9.17) is 9.47 Å². The van der Waals surface area contributed by atoms with Crippen molar-refractivity contribution >= 4 is 11.9 Å². The Hall–Kier alpha value is -3.71. The first kappa shape index (κ1) is 28.8. The fourth-order valence-corrected chi connectivity index (χ4v) is 6.30. The quantitative estimate of drug-likeness (QED) is 0.359. The molecule has 0 aliphatic carbocycles. The molecule has 0 fully saturated rings. The topological polar surface area (TPSA) is 76.1 Å². The van der Waals surface area contributed by atoms with Crippen molar-refractivity contribution in [1.29, 1.82) is 0 Å². The molecule has 1 amide bonds. The highest BCUT2D eigenvalue weighted by Gasteiger charge is 2.37. The number of hydrogen-bond donors (Lipinski definition) is 1. The molecule has 3 aromatic rings. The molecule has 0 aromatic heterocycles. The van der Waals surface area contributed by atoms with Gasteiger partial charge in [0, 0.05) is 29.8 Å². The highest BCUT2D eigenvalue weighted by Crippen LogP contribution is 2.47. The predicted molar refractivity (Wildman–Crippen MR) is 156 cm³/mol.